The van der Waals surface area contributed by atoms with Crippen molar-refractivity contribution in [1.29, 1.82) is 0 Å². The summed E-state index contributed by atoms with van der Waals surface area (Å²) in [4.78, 5) is 22.9. The molecule has 0 radical (unpaired) electrons. The number of hydrogen-bond donors (Lipinski definition) is 2. The molecule has 0 heterocycles. The van der Waals surface area contributed by atoms with Crippen LogP contribution in [0.25, 0.3) is 0 Å². The third-order valence-corrected chi connectivity index (χ3v) is 14.5. The second kappa shape index (κ2) is 20.1. The lowest BCUT2D eigenvalue weighted by Gasteiger charge is -2.45. The predicted octanol–water partition coefficient (Wildman–Crippen LogP) is 9.03. The number of hydrogen-bond acceptors (Lipinski definition) is 5. The zero-order chi connectivity index (χ0) is 32.6. The summed E-state index contributed by atoms with van der Waals surface area (Å²) in [6.07, 6.45) is 13.7. The Balaban J connectivity index is 6.11. The number of carbonyl (C=O) groups is 2. The first kappa shape index (κ1) is 40.0. The van der Waals surface area contributed by atoms with E-state index in [0.717, 1.165) is 31.3 Å². The van der Waals surface area contributed by atoms with Gasteiger partial charge in [-0.25, -0.2) is 0 Å². The van der Waals surface area contributed by atoms with Gasteiger partial charge in [0.2, 0.25) is 8.32 Å². The van der Waals surface area contributed by atoms with Crippen LogP contribution >= 0.6 is 0 Å². The average Bonchev–Trinajstić information content (AvgIpc) is 2.88. The van der Waals surface area contributed by atoms with Crippen molar-refractivity contribution in [3.8, 4) is 0 Å². The van der Waals surface area contributed by atoms with Crippen molar-refractivity contribution in [2.45, 2.75) is 143 Å². The zero-order valence-electron chi connectivity index (χ0n) is 28.4. The van der Waals surface area contributed by atoms with Gasteiger partial charge >= 0.3 is 11.9 Å². The van der Waals surface area contributed by atoms with Crippen LogP contribution in [0.3, 0.4) is 0 Å². The molecular formula is C35H62O6Si. The molecule has 0 bridgehead atoms. The van der Waals surface area contributed by atoms with Crippen LogP contribution in [0.15, 0.2) is 48.6 Å². The van der Waals surface area contributed by atoms with Crippen LogP contribution in [-0.2, 0) is 18.8 Å². The van der Waals surface area contributed by atoms with Crippen molar-refractivity contribution in [2.24, 2.45) is 17.8 Å². The van der Waals surface area contributed by atoms with Crippen LogP contribution in [0, 0.1) is 17.8 Å². The third-order valence-electron chi connectivity index (χ3n) is 8.36. The smallest absolute Gasteiger partial charge is 0.303 e. The number of carboxylic acid groups (broad SMARTS) is 1. The van der Waals surface area contributed by atoms with E-state index in [9.17, 15) is 14.7 Å². The standard InChI is InChI=1S/C35H62O6Si/c1-13-14-15-19-29(10)35(40-31(12)36)32(37)22-21-28(9)33(41-42(24(2)3,25(4)5)26(6)7)20-17-16-18-27(8)30(11)23-34(38)39/h15,17,19-22,24-26,28-30,32-33,35,37H,8,13-14,16,18,23H2,1-7,9-12H3,(H,38,39)/b19-15+,20-17+,22-21+/t28-,29-,30-,32-,33+,35-/m1/s1. The molecule has 0 aliphatic heterocycles. The molecule has 0 fully saturated rings. The number of esters is 1. The number of unbranched alkanes of at least 4 members (excludes halogenated alkanes) is 1. The van der Waals surface area contributed by atoms with Gasteiger partial charge in [0.25, 0.3) is 0 Å². The van der Waals surface area contributed by atoms with Crippen molar-refractivity contribution >= 4 is 20.3 Å². The van der Waals surface area contributed by atoms with Gasteiger partial charge in [0.1, 0.15) is 12.2 Å². The first-order chi connectivity index (χ1) is 19.5. The second-order valence-corrected chi connectivity index (χ2v) is 18.3. The Morgan fingerprint density at radius 2 is 1.38 bits per heavy atom. The Kier molecular flexibility index (Phi) is 19.1. The third kappa shape index (κ3) is 13.6. The van der Waals surface area contributed by atoms with Crippen LogP contribution in [-0.4, -0.2) is 48.8 Å². The van der Waals surface area contributed by atoms with Gasteiger partial charge in [0.15, 0.2) is 0 Å². The maximum absolute atomic E-state index is 11.8. The van der Waals surface area contributed by atoms with Gasteiger partial charge in [0.05, 0.1) is 12.5 Å². The van der Waals surface area contributed by atoms with E-state index in [1.807, 2.05) is 26.0 Å². The average molecular weight is 607 g/mol. The number of ether oxygens (including phenoxy) is 1. The van der Waals surface area contributed by atoms with Crippen LogP contribution in [0.4, 0.5) is 0 Å². The molecule has 7 heteroatoms. The molecule has 0 spiro atoms. The Labute approximate surface area is 258 Å². The van der Waals surface area contributed by atoms with E-state index >= 15 is 0 Å². The molecule has 6 nitrogen and oxygen atoms in total. The Morgan fingerprint density at radius 3 is 1.86 bits per heavy atom. The van der Waals surface area contributed by atoms with E-state index in [4.69, 9.17) is 14.3 Å². The fourth-order valence-corrected chi connectivity index (χ4v) is 11.5. The molecule has 0 aromatic carbocycles. The van der Waals surface area contributed by atoms with E-state index in [0.29, 0.717) is 16.6 Å². The van der Waals surface area contributed by atoms with Crippen LogP contribution in [0.1, 0.15) is 108 Å². The quantitative estimate of drug-likeness (QED) is 0.0769. The Hall–Kier alpha value is -1.96. The van der Waals surface area contributed by atoms with Crippen molar-refractivity contribution in [3.05, 3.63) is 48.6 Å². The van der Waals surface area contributed by atoms with Gasteiger partial charge in [-0.3, -0.25) is 9.59 Å². The highest BCUT2D eigenvalue weighted by molar-refractivity contribution is 6.77. The van der Waals surface area contributed by atoms with E-state index in [1.54, 1.807) is 6.08 Å². The molecule has 0 aliphatic rings. The normalized spacial score (nSPS) is 17.3. The zero-order valence-corrected chi connectivity index (χ0v) is 29.4. The van der Waals surface area contributed by atoms with Gasteiger partial charge in [0, 0.05) is 18.8 Å². The Morgan fingerprint density at radius 1 is 0.833 bits per heavy atom. The lowest BCUT2D eigenvalue weighted by molar-refractivity contribution is -0.153. The minimum absolute atomic E-state index is 0.0444. The monoisotopic (exact) mass is 606 g/mol. The number of aliphatic carboxylic acids is 1. The summed E-state index contributed by atoms with van der Waals surface area (Å²) in [6.45, 7) is 27.1. The number of aliphatic hydroxyl groups excluding tert-OH is 1. The summed E-state index contributed by atoms with van der Waals surface area (Å²) in [5.74, 6) is -1.48. The molecule has 42 heavy (non-hydrogen) atoms. The SMILES string of the molecule is C=C(CC/C=C/[C@H](O[Si](C(C)C)(C(C)C)C(C)C)[C@H](C)/C=C/[C@@H](O)[C@H](OC(C)=O)[C@H](C)/C=C/CCC)[C@H](C)CC(=O)O. The number of aliphatic hydroxyl groups is 1. The topological polar surface area (TPSA) is 93.1 Å². The number of carbonyl (C=O) groups excluding carboxylic acids is 1. The van der Waals surface area contributed by atoms with E-state index < -0.39 is 32.5 Å². The van der Waals surface area contributed by atoms with Gasteiger partial charge in [-0.05, 0) is 41.8 Å². The molecule has 0 amide bonds. The largest absolute Gasteiger partial charge is 0.481 e. The molecule has 0 aliphatic carbocycles. The van der Waals surface area contributed by atoms with E-state index in [-0.39, 0.29) is 30.3 Å². The maximum atomic E-state index is 11.8. The summed E-state index contributed by atoms with van der Waals surface area (Å²) in [7, 11) is -2.22. The fourth-order valence-electron chi connectivity index (χ4n) is 5.89. The minimum Gasteiger partial charge on any atom is -0.481 e. The lowest BCUT2D eigenvalue weighted by atomic mass is 9.94. The van der Waals surface area contributed by atoms with Crippen molar-refractivity contribution in [1.82, 2.24) is 0 Å². The highest BCUT2D eigenvalue weighted by atomic mass is 28.4. The molecule has 0 unspecified atom stereocenters. The molecule has 242 valence electrons. The first-order valence-corrected chi connectivity index (χ1v) is 18.1. The first-order valence-electron chi connectivity index (χ1n) is 15.9. The predicted molar refractivity (Wildman–Crippen MR) is 178 cm³/mol. The molecule has 6 atom stereocenters. The molecule has 0 aromatic rings. The van der Waals surface area contributed by atoms with Crippen LogP contribution in [0.2, 0.25) is 16.6 Å². The second-order valence-electron chi connectivity index (χ2n) is 12.9. The molecule has 0 aromatic heterocycles. The van der Waals surface area contributed by atoms with E-state index in [2.05, 4.69) is 80.2 Å². The Bertz CT molecular complexity index is 881. The van der Waals surface area contributed by atoms with Crippen LogP contribution < -0.4 is 0 Å². The molecule has 0 rings (SSSR count). The lowest BCUT2D eigenvalue weighted by Crippen LogP contribution is -2.50. The summed E-state index contributed by atoms with van der Waals surface area (Å²) in [5, 5.41) is 20.2. The van der Waals surface area contributed by atoms with Gasteiger partial charge in [-0.15, -0.1) is 0 Å². The van der Waals surface area contributed by atoms with Crippen LogP contribution in [0.5, 0.6) is 0 Å². The molecule has 2 N–H and O–H groups in total. The van der Waals surface area contributed by atoms with Crippen molar-refractivity contribution in [3.63, 3.8) is 0 Å². The highest BCUT2D eigenvalue weighted by Crippen LogP contribution is 2.44. The maximum Gasteiger partial charge on any atom is 0.303 e. The van der Waals surface area contributed by atoms with Crippen molar-refractivity contribution < 1.29 is 29.0 Å². The molecule has 0 saturated heterocycles. The summed E-state index contributed by atoms with van der Waals surface area (Å²) in [5.41, 5.74) is 2.17. The fraction of sp³-hybridized carbons (Fsp3) is 0.714. The summed E-state index contributed by atoms with van der Waals surface area (Å²) in [6, 6.07) is 0. The molecule has 0 saturated carbocycles. The minimum atomic E-state index is -2.22. The number of carboxylic acids is 1. The molecular weight excluding hydrogens is 544 g/mol. The van der Waals surface area contributed by atoms with Gasteiger partial charge in [-0.2, -0.15) is 0 Å². The number of allylic oxidation sites excluding steroid dienone is 3. The van der Waals surface area contributed by atoms with Crippen molar-refractivity contribution in [2.75, 3.05) is 0 Å². The number of rotatable bonds is 21. The van der Waals surface area contributed by atoms with Gasteiger partial charge in [-0.1, -0.05) is 124 Å². The summed E-state index contributed by atoms with van der Waals surface area (Å²) >= 11 is 0. The summed E-state index contributed by atoms with van der Waals surface area (Å²) < 4.78 is 12.7. The highest BCUT2D eigenvalue weighted by Gasteiger charge is 2.46. The van der Waals surface area contributed by atoms with E-state index in [1.165, 1.54) is 6.92 Å². The van der Waals surface area contributed by atoms with Gasteiger partial charge < -0.3 is 19.4 Å².